The molecule has 0 atom stereocenters. The van der Waals surface area contributed by atoms with Crippen LogP contribution in [0, 0.1) is 17.8 Å². The van der Waals surface area contributed by atoms with Crippen molar-refractivity contribution in [3.05, 3.63) is 23.6 Å². The van der Waals surface area contributed by atoms with E-state index in [0.717, 1.165) is 38.0 Å². The SMILES string of the molecule is Cc1nnc(CC(C)(C)CCc2nnc(CCC(C)(C)C)o2)o1. The van der Waals surface area contributed by atoms with Gasteiger partial charge in [-0.1, -0.05) is 34.6 Å². The number of hydrogen-bond donors (Lipinski definition) is 0. The third-order valence-electron chi connectivity index (χ3n) is 3.81. The summed E-state index contributed by atoms with van der Waals surface area (Å²) >= 11 is 0. The number of hydrogen-bond acceptors (Lipinski definition) is 6. The Morgan fingerprint density at radius 2 is 1.30 bits per heavy atom. The van der Waals surface area contributed by atoms with E-state index in [4.69, 9.17) is 8.83 Å². The third-order valence-corrected chi connectivity index (χ3v) is 3.81. The van der Waals surface area contributed by atoms with Crippen molar-refractivity contribution in [3.8, 4) is 0 Å². The van der Waals surface area contributed by atoms with Gasteiger partial charge in [-0.05, 0) is 23.7 Å². The molecule has 2 aromatic rings. The zero-order valence-electron chi connectivity index (χ0n) is 15.1. The fraction of sp³-hybridized carbons (Fsp3) is 0.765. The summed E-state index contributed by atoms with van der Waals surface area (Å²) in [7, 11) is 0. The number of aryl methyl sites for hydroxylation is 3. The third kappa shape index (κ3) is 6.12. The minimum Gasteiger partial charge on any atom is -0.426 e. The standard InChI is InChI=1S/C17H28N4O2/c1-12-18-21-15(22-12)11-17(5,6)10-8-14-20-19-13(23-14)7-9-16(2,3)4/h7-11H2,1-6H3. The van der Waals surface area contributed by atoms with Gasteiger partial charge in [-0.3, -0.25) is 0 Å². The lowest BCUT2D eigenvalue weighted by molar-refractivity contribution is 0.283. The highest BCUT2D eigenvalue weighted by atomic mass is 16.4. The molecule has 0 N–H and O–H groups in total. The van der Waals surface area contributed by atoms with Crippen molar-refractivity contribution in [2.24, 2.45) is 10.8 Å². The van der Waals surface area contributed by atoms with Crippen molar-refractivity contribution in [2.75, 3.05) is 0 Å². The van der Waals surface area contributed by atoms with Crippen LogP contribution in [-0.4, -0.2) is 20.4 Å². The molecule has 2 aromatic heterocycles. The van der Waals surface area contributed by atoms with Gasteiger partial charge < -0.3 is 8.83 Å². The summed E-state index contributed by atoms with van der Waals surface area (Å²) in [6.45, 7) is 12.8. The second-order valence-corrected chi connectivity index (χ2v) is 8.21. The summed E-state index contributed by atoms with van der Waals surface area (Å²) in [4.78, 5) is 0. The molecule has 0 saturated heterocycles. The normalized spacial score (nSPS) is 12.8. The van der Waals surface area contributed by atoms with E-state index in [1.165, 1.54) is 0 Å². The van der Waals surface area contributed by atoms with Crippen LogP contribution < -0.4 is 0 Å². The Bertz CT molecular complexity index is 623. The highest BCUT2D eigenvalue weighted by Crippen LogP contribution is 2.27. The quantitative estimate of drug-likeness (QED) is 0.769. The van der Waals surface area contributed by atoms with Crippen molar-refractivity contribution in [2.45, 2.75) is 73.6 Å². The Morgan fingerprint density at radius 1 is 0.739 bits per heavy atom. The van der Waals surface area contributed by atoms with Crippen LogP contribution in [0.15, 0.2) is 8.83 Å². The van der Waals surface area contributed by atoms with E-state index in [1.54, 1.807) is 6.92 Å². The summed E-state index contributed by atoms with van der Waals surface area (Å²) in [5.74, 6) is 2.74. The Labute approximate surface area is 138 Å². The molecule has 2 rings (SSSR count). The summed E-state index contributed by atoms with van der Waals surface area (Å²) in [6, 6.07) is 0. The molecule has 0 aliphatic rings. The molecule has 0 aliphatic heterocycles. The van der Waals surface area contributed by atoms with Crippen molar-refractivity contribution in [1.82, 2.24) is 20.4 Å². The van der Waals surface area contributed by atoms with Gasteiger partial charge >= 0.3 is 0 Å². The molecule has 0 spiro atoms. The van der Waals surface area contributed by atoms with Gasteiger partial charge in [0.2, 0.25) is 23.6 Å². The fourth-order valence-corrected chi connectivity index (χ4v) is 2.32. The van der Waals surface area contributed by atoms with Crippen molar-refractivity contribution in [3.63, 3.8) is 0 Å². The van der Waals surface area contributed by atoms with E-state index in [2.05, 4.69) is 55.0 Å². The van der Waals surface area contributed by atoms with Gasteiger partial charge in [0.25, 0.3) is 0 Å². The van der Waals surface area contributed by atoms with Gasteiger partial charge in [0.15, 0.2) is 0 Å². The van der Waals surface area contributed by atoms with E-state index in [0.29, 0.717) is 17.7 Å². The first-order valence-electron chi connectivity index (χ1n) is 8.23. The molecule has 0 aromatic carbocycles. The molecule has 0 bridgehead atoms. The Kier molecular flexibility index (Phi) is 5.22. The molecule has 2 heterocycles. The zero-order valence-corrected chi connectivity index (χ0v) is 15.1. The van der Waals surface area contributed by atoms with Gasteiger partial charge in [-0.2, -0.15) is 0 Å². The van der Waals surface area contributed by atoms with Crippen molar-refractivity contribution in [1.29, 1.82) is 0 Å². The van der Waals surface area contributed by atoms with Crippen LogP contribution in [0.4, 0.5) is 0 Å². The zero-order chi connectivity index (χ0) is 17.1. The lowest BCUT2D eigenvalue weighted by Gasteiger charge is -2.21. The van der Waals surface area contributed by atoms with Crippen LogP contribution in [0.25, 0.3) is 0 Å². The van der Waals surface area contributed by atoms with E-state index in [1.807, 2.05) is 0 Å². The van der Waals surface area contributed by atoms with Crippen molar-refractivity contribution < 1.29 is 8.83 Å². The van der Waals surface area contributed by atoms with Crippen LogP contribution in [0.3, 0.4) is 0 Å². The molecule has 128 valence electrons. The lowest BCUT2D eigenvalue weighted by Crippen LogP contribution is -2.16. The largest absolute Gasteiger partial charge is 0.426 e. The summed E-state index contributed by atoms with van der Waals surface area (Å²) in [6.07, 6.45) is 4.31. The topological polar surface area (TPSA) is 77.8 Å². The van der Waals surface area contributed by atoms with Crippen LogP contribution in [-0.2, 0) is 19.3 Å². The Morgan fingerprint density at radius 3 is 1.83 bits per heavy atom. The molecule has 0 amide bonds. The monoisotopic (exact) mass is 320 g/mol. The second-order valence-electron chi connectivity index (χ2n) is 8.21. The maximum atomic E-state index is 5.76. The average molecular weight is 320 g/mol. The Balaban J connectivity index is 1.84. The summed E-state index contributed by atoms with van der Waals surface area (Å²) < 4.78 is 11.2. The minimum atomic E-state index is 0.0407. The lowest BCUT2D eigenvalue weighted by atomic mass is 9.84. The molecule has 0 fully saturated rings. The van der Waals surface area contributed by atoms with E-state index in [9.17, 15) is 0 Å². The van der Waals surface area contributed by atoms with Gasteiger partial charge in [0.1, 0.15) is 0 Å². The first-order chi connectivity index (χ1) is 10.6. The molecule has 0 unspecified atom stereocenters. The van der Waals surface area contributed by atoms with Crippen LogP contribution in [0.5, 0.6) is 0 Å². The van der Waals surface area contributed by atoms with Gasteiger partial charge in [0, 0.05) is 26.2 Å². The van der Waals surface area contributed by atoms with Gasteiger partial charge in [0.05, 0.1) is 0 Å². The Hall–Kier alpha value is -1.72. The summed E-state index contributed by atoms with van der Waals surface area (Å²) in [5, 5.41) is 16.3. The highest BCUT2D eigenvalue weighted by molar-refractivity contribution is 4.89. The molecule has 0 radical (unpaired) electrons. The molecular formula is C17H28N4O2. The van der Waals surface area contributed by atoms with E-state index < -0.39 is 0 Å². The molecule has 6 heteroatoms. The molecule has 6 nitrogen and oxygen atoms in total. The molecule has 23 heavy (non-hydrogen) atoms. The maximum absolute atomic E-state index is 5.76. The molecular weight excluding hydrogens is 292 g/mol. The number of nitrogens with zero attached hydrogens (tertiary/aromatic N) is 4. The average Bonchev–Trinajstić information content (AvgIpc) is 3.02. The number of rotatable bonds is 7. The predicted octanol–water partition coefficient (Wildman–Crippen LogP) is 3.94. The van der Waals surface area contributed by atoms with Crippen molar-refractivity contribution >= 4 is 0 Å². The fourth-order valence-electron chi connectivity index (χ4n) is 2.32. The first kappa shape index (κ1) is 17.6. The van der Waals surface area contributed by atoms with E-state index in [-0.39, 0.29) is 10.8 Å². The minimum absolute atomic E-state index is 0.0407. The number of aromatic nitrogens is 4. The molecule has 0 saturated carbocycles. The first-order valence-corrected chi connectivity index (χ1v) is 8.23. The van der Waals surface area contributed by atoms with Crippen LogP contribution in [0.1, 0.15) is 71.0 Å². The van der Waals surface area contributed by atoms with Gasteiger partial charge in [-0.25, -0.2) is 0 Å². The maximum Gasteiger partial charge on any atom is 0.217 e. The predicted molar refractivity (Wildman–Crippen MR) is 86.9 cm³/mol. The van der Waals surface area contributed by atoms with E-state index >= 15 is 0 Å². The van der Waals surface area contributed by atoms with Crippen LogP contribution in [0.2, 0.25) is 0 Å². The second kappa shape index (κ2) is 6.81. The van der Waals surface area contributed by atoms with Gasteiger partial charge in [-0.15, -0.1) is 20.4 Å². The highest BCUT2D eigenvalue weighted by Gasteiger charge is 2.23. The molecule has 0 aliphatic carbocycles. The van der Waals surface area contributed by atoms with Crippen LogP contribution >= 0.6 is 0 Å². The smallest absolute Gasteiger partial charge is 0.217 e. The summed E-state index contributed by atoms with van der Waals surface area (Å²) in [5.41, 5.74) is 0.317.